The van der Waals surface area contributed by atoms with Crippen LogP contribution in [0, 0.1) is 0 Å². The van der Waals surface area contributed by atoms with Gasteiger partial charge in [0.1, 0.15) is 5.82 Å². The molecule has 0 spiro atoms. The van der Waals surface area contributed by atoms with Crippen LogP contribution in [0.1, 0.15) is 6.92 Å². The Labute approximate surface area is 184 Å². The van der Waals surface area contributed by atoms with Gasteiger partial charge in [-0.15, -0.1) is 0 Å². The Hall–Kier alpha value is -4.27. The summed E-state index contributed by atoms with van der Waals surface area (Å²) in [6, 6.07) is 13.0. The predicted octanol–water partition coefficient (Wildman–Crippen LogP) is 4.12. The first-order valence-electron chi connectivity index (χ1n) is 9.82. The van der Waals surface area contributed by atoms with E-state index in [9.17, 15) is 4.79 Å². The first-order chi connectivity index (χ1) is 15.5. The van der Waals surface area contributed by atoms with E-state index in [1.807, 2.05) is 36.5 Å². The number of carbonyl (C=O) groups excluding carboxylic acids is 1. The molecular formula is C23H23N5O4. The van der Waals surface area contributed by atoms with Crippen molar-refractivity contribution < 1.29 is 19.0 Å². The van der Waals surface area contributed by atoms with Crippen LogP contribution >= 0.6 is 0 Å². The van der Waals surface area contributed by atoms with Gasteiger partial charge in [-0.2, -0.15) is 5.10 Å². The number of nitrogens with zero attached hydrogens (tertiary/aromatic N) is 3. The van der Waals surface area contributed by atoms with E-state index in [2.05, 4.69) is 15.7 Å². The zero-order valence-corrected chi connectivity index (χ0v) is 18.2. The van der Waals surface area contributed by atoms with Crippen LogP contribution in [-0.4, -0.2) is 41.8 Å². The van der Waals surface area contributed by atoms with Gasteiger partial charge in [0.05, 0.1) is 27.5 Å². The molecule has 2 aromatic carbocycles. The van der Waals surface area contributed by atoms with E-state index in [0.29, 0.717) is 34.4 Å². The van der Waals surface area contributed by atoms with Gasteiger partial charge in [-0.05, 0) is 23.8 Å². The summed E-state index contributed by atoms with van der Waals surface area (Å²) in [5.41, 5.74) is 3.84. The van der Waals surface area contributed by atoms with Crippen LogP contribution in [-0.2, 0) is 4.79 Å². The fourth-order valence-corrected chi connectivity index (χ4v) is 3.41. The van der Waals surface area contributed by atoms with E-state index in [-0.39, 0.29) is 5.91 Å². The number of anilines is 3. The summed E-state index contributed by atoms with van der Waals surface area (Å²) in [4.78, 5) is 16.1. The molecule has 0 aliphatic heterocycles. The molecule has 32 heavy (non-hydrogen) atoms. The molecule has 4 aromatic rings. The van der Waals surface area contributed by atoms with Crippen molar-refractivity contribution in [3.63, 3.8) is 0 Å². The second-order valence-electron chi connectivity index (χ2n) is 6.94. The highest BCUT2D eigenvalue weighted by atomic mass is 16.5. The van der Waals surface area contributed by atoms with E-state index in [0.717, 1.165) is 16.8 Å². The molecule has 0 radical (unpaired) electrons. The number of amides is 1. The standard InChI is InChI=1S/C23H23N5O4/c1-14(29)25-16-7-5-6-15(10-16)18-13-24-28-9-8-21(27-23(18)28)26-17-11-19(30-2)22(32-4)20(12-17)31-3/h5-13H,1-4H3,(H,25,29)(H,26,27). The summed E-state index contributed by atoms with van der Waals surface area (Å²) in [7, 11) is 4.70. The van der Waals surface area contributed by atoms with E-state index < -0.39 is 0 Å². The van der Waals surface area contributed by atoms with Crippen molar-refractivity contribution in [1.82, 2.24) is 14.6 Å². The number of ether oxygens (including phenoxy) is 3. The zero-order chi connectivity index (χ0) is 22.7. The Morgan fingerprint density at radius 2 is 1.72 bits per heavy atom. The molecule has 2 N–H and O–H groups in total. The van der Waals surface area contributed by atoms with Gasteiger partial charge in [-0.25, -0.2) is 9.50 Å². The average Bonchev–Trinajstić information content (AvgIpc) is 3.21. The second kappa shape index (κ2) is 8.84. The van der Waals surface area contributed by atoms with Crippen molar-refractivity contribution in [3.8, 4) is 28.4 Å². The molecule has 0 unspecified atom stereocenters. The molecule has 2 heterocycles. The topological polar surface area (TPSA) is 99.0 Å². The van der Waals surface area contributed by atoms with E-state index in [1.54, 1.807) is 44.2 Å². The Balaban J connectivity index is 1.70. The lowest BCUT2D eigenvalue weighted by Gasteiger charge is -2.15. The van der Waals surface area contributed by atoms with Crippen LogP contribution in [0.2, 0.25) is 0 Å². The number of hydrogen-bond donors (Lipinski definition) is 2. The number of carbonyl (C=O) groups is 1. The number of hydrogen-bond acceptors (Lipinski definition) is 7. The van der Waals surface area contributed by atoms with Crippen LogP contribution in [0.5, 0.6) is 17.2 Å². The molecule has 0 fully saturated rings. The SMILES string of the molecule is COc1cc(Nc2ccn3ncc(-c4cccc(NC(C)=O)c4)c3n2)cc(OC)c1OC. The molecule has 0 bridgehead atoms. The van der Waals surface area contributed by atoms with E-state index in [4.69, 9.17) is 19.2 Å². The Morgan fingerprint density at radius 3 is 2.38 bits per heavy atom. The number of aromatic nitrogens is 3. The fourth-order valence-electron chi connectivity index (χ4n) is 3.41. The van der Waals surface area contributed by atoms with Gasteiger partial charge in [0.15, 0.2) is 17.1 Å². The van der Waals surface area contributed by atoms with Crippen LogP contribution in [0.15, 0.2) is 54.9 Å². The normalized spacial score (nSPS) is 10.6. The fraction of sp³-hybridized carbons (Fsp3) is 0.174. The Kier molecular flexibility index (Phi) is 5.80. The van der Waals surface area contributed by atoms with Crippen LogP contribution in [0.25, 0.3) is 16.8 Å². The minimum absolute atomic E-state index is 0.128. The number of rotatable bonds is 7. The average molecular weight is 433 g/mol. The smallest absolute Gasteiger partial charge is 0.221 e. The molecule has 2 aromatic heterocycles. The lowest BCUT2D eigenvalue weighted by atomic mass is 10.1. The minimum atomic E-state index is -0.128. The van der Waals surface area contributed by atoms with Crippen LogP contribution in [0.4, 0.5) is 17.2 Å². The monoisotopic (exact) mass is 433 g/mol. The summed E-state index contributed by atoms with van der Waals surface area (Å²) < 4.78 is 17.9. The van der Waals surface area contributed by atoms with Gasteiger partial charge < -0.3 is 24.8 Å². The van der Waals surface area contributed by atoms with Gasteiger partial charge in [0.2, 0.25) is 11.7 Å². The predicted molar refractivity (Wildman–Crippen MR) is 122 cm³/mol. The lowest BCUT2D eigenvalue weighted by molar-refractivity contribution is -0.114. The third-order valence-corrected chi connectivity index (χ3v) is 4.80. The van der Waals surface area contributed by atoms with Gasteiger partial charge in [0, 0.05) is 42.2 Å². The molecule has 9 heteroatoms. The maximum absolute atomic E-state index is 11.4. The van der Waals surface area contributed by atoms with Gasteiger partial charge >= 0.3 is 0 Å². The maximum atomic E-state index is 11.4. The number of benzene rings is 2. The van der Waals surface area contributed by atoms with Gasteiger partial charge in [0.25, 0.3) is 0 Å². The van der Waals surface area contributed by atoms with Gasteiger partial charge in [-0.1, -0.05) is 12.1 Å². The second-order valence-corrected chi connectivity index (χ2v) is 6.94. The van der Waals surface area contributed by atoms with E-state index >= 15 is 0 Å². The van der Waals surface area contributed by atoms with Crippen molar-refractivity contribution in [2.75, 3.05) is 32.0 Å². The molecular weight excluding hydrogens is 410 g/mol. The quantitative estimate of drug-likeness (QED) is 0.452. The lowest BCUT2D eigenvalue weighted by Crippen LogP contribution is -2.05. The maximum Gasteiger partial charge on any atom is 0.221 e. The molecule has 0 saturated carbocycles. The first kappa shape index (κ1) is 21.0. The highest BCUT2D eigenvalue weighted by molar-refractivity contribution is 5.90. The highest BCUT2D eigenvalue weighted by Crippen LogP contribution is 2.40. The highest BCUT2D eigenvalue weighted by Gasteiger charge is 2.15. The summed E-state index contributed by atoms with van der Waals surface area (Å²) >= 11 is 0. The van der Waals surface area contributed by atoms with Crippen molar-refractivity contribution in [2.24, 2.45) is 0 Å². The van der Waals surface area contributed by atoms with Crippen molar-refractivity contribution in [1.29, 1.82) is 0 Å². The third kappa shape index (κ3) is 4.13. The molecule has 1 amide bonds. The van der Waals surface area contributed by atoms with Crippen LogP contribution in [0.3, 0.4) is 0 Å². The molecule has 4 rings (SSSR count). The van der Waals surface area contributed by atoms with Gasteiger partial charge in [-0.3, -0.25) is 4.79 Å². The van der Waals surface area contributed by atoms with Crippen molar-refractivity contribution >= 4 is 28.7 Å². The first-order valence-corrected chi connectivity index (χ1v) is 9.82. The zero-order valence-electron chi connectivity index (χ0n) is 18.2. The summed E-state index contributed by atoms with van der Waals surface area (Å²) in [5, 5.41) is 10.5. The molecule has 0 aliphatic rings. The summed E-state index contributed by atoms with van der Waals surface area (Å²) in [6.45, 7) is 1.48. The third-order valence-electron chi connectivity index (χ3n) is 4.80. The molecule has 164 valence electrons. The van der Waals surface area contributed by atoms with E-state index in [1.165, 1.54) is 6.92 Å². The molecule has 9 nitrogen and oxygen atoms in total. The molecule has 0 saturated heterocycles. The Morgan fingerprint density at radius 1 is 0.969 bits per heavy atom. The van der Waals surface area contributed by atoms with Crippen molar-refractivity contribution in [2.45, 2.75) is 6.92 Å². The summed E-state index contributed by atoms with van der Waals surface area (Å²) in [5.74, 6) is 2.08. The summed E-state index contributed by atoms with van der Waals surface area (Å²) in [6.07, 6.45) is 3.57. The van der Waals surface area contributed by atoms with Crippen LogP contribution < -0.4 is 24.8 Å². The molecule has 0 aliphatic carbocycles. The van der Waals surface area contributed by atoms with Crippen molar-refractivity contribution in [3.05, 3.63) is 54.9 Å². The number of fused-ring (bicyclic) bond motifs is 1. The Bertz CT molecular complexity index is 1260. The minimum Gasteiger partial charge on any atom is -0.493 e. The molecule has 0 atom stereocenters. The number of nitrogens with one attached hydrogen (secondary N) is 2. The largest absolute Gasteiger partial charge is 0.493 e. The number of methoxy groups -OCH3 is 3.